The molecule has 0 atom stereocenters. The van der Waals surface area contributed by atoms with Crippen molar-refractivity contribution in [3.05, 3.63) is 0 Å². The molecule has 2 aliphatic rings. The SMILES string of the molecule is O[SiH](C1CCCCC1)C1CCCCC1. The maximum absolute atomic E-state index is 10.4. The Morgan fingerprint density at radius 3 is 1.36 bits per heavy atom. The van der Waals surface area contributed by atoms with Gasteiger partial charge in [0.15, 0.2) is 9.04 Å². The average molecular weight is 212 g/mol. The van der Waals surface area contributed by atoms with Gasteiger partial charge in [-0.1, -0.05) is 64.2 Å². The molecule has 2 aliphatic carbocycles. The summed E-state index contributed by atoms with van der Waals surface area (Å²) < 4.78 is 0. The second-order valence-corrected chi connectivity index (χ2v) is 8.15. The summed E-state index contributed by atoms with van der Waals surface area (Å²) >= 11 is 0. The zero-order valence-electron chi connectivity index (χ0n) is 9.25. The summed E-state index contributed by atoms with van der Waals surface area (Å²) in [5.74, 6) is 0. The Kier molecular flexibility index (Phi) is 4.06. The van der Waals surface area contributed by atoms with Crippen molar-refractivity contribution in [3.8, 4) is 0 Å². The van der Waals surface area contributed by atoms with Crippen molar-refractivity contribution in [3.63, 3.8) is 0 Å². The van der Waals surface area contributed by atoms with Gasteiger partial charge in [0.05, 0.1) is 0 Å². The highest BCUT2D eigenvalue weighted by Crippen LogP contribution is 2.39. The second kappa shape index (κ2) is 5.31. The lowest BCUT2D eigenvalue weighted by Crippen LogP contribution is -2.29. The number of hydrogen-bond acceptors (Lipinski definition) is 1. The summed E-state index contributed by atoms with van der Waals surface area (Å²) in [6.45, 7) is 0. The maximum Gasteiger partial charge on any atom is 0.178 e. The molecule has 0 radical (unpaired) electrons. The molecule has 0 aromatic heterocycles. The van der Waals surface area contributed by atoms with Crippen LogP contribution in [0.15, 0.2) is 0 Å². The van der Waals surface area contributed by atoms with E-state index in [9.17, 15) is 4.80 Å². The third-order valence-electron chi connectivity index (χ3n) is 4.27. The minimum absolute atomic E-state index is 0.784. The van der Waals surface area contributed by atoms with E-state index in [1.54, 1.807) is 0 Å². The fourth-order valence-corrected chi connectivity index (χ4v) is 6.41. The van der Waals surface area contributed by atoms with Crippen LogP contribution in [-0.4, -0.2) is 13.8 Å². The molecule has 2 rings (SSSR count). The smallest absolute Gasteiger partial charge is 0.178 e. The van der Waals surface area contributed by atoms with Crippen LogP contribution in [0.2, 0.25) is 11.1 Å². The van der Waals surface area contributed by atoms with Crippen molar-refractivity contribution in [1.29, 1.82) is 0 Å². The maximum atomic E-state index is 10.4. The molecule has 0 amide bonds. The van der Waals surface area contributed by atoms with Crippen LogP contribution in [0.25, 0.3) is 0 Å². The Balaban J connectivity index is 1.82. The lowest BCUT2D eigenvalue weighted by molar-refractivity contribution is 0.402. The molecule has 14 heavy (non-hydrogen) atoms. The molecule has 2 heteroatoms. The Morgan fingerprint density at radius 2 is 1.00 bits per heavy atom. The average Bonchev–Trinajstić information content (AvgIpc) is 2.30. The largest absolute Gasteiger partial charge is 0.434 e. The van der Waals surface area contributed by atoms with E-state index in [2.05, 4.69) is 0 Å². The summed E-state index contributed by atoms with van der Waals surface area (Å²) in [7, 11) is -1.36. The van der Waals surface area contributed by atoms with Gasteiger partial charge in [-0.15, -0.1) is 0 Å². The molecule has 0 unspecified atom stereocenters. The Bertz CT molecular complexity index is 142. The van der Waals surface area contributed by atoms with Crippen LogP contribution in [0, 0.1) is 0 Å². The summed E-state index contributed by atoms with van der Waals surface area (Å²) in [6, 6.07) is 0. The van der Waals surface area contributed by atoms with Crippen LogP contribution in [0.3, 0.4) is 0 Å². The predicted octanol–water partition coefficient (Wildman–Crippen LogP) is 3.37. The van der Waals surface area contributed by atoms with Crippen LogP contribution in [0.5, 0.6) is 0 Å². The van der Waals surface area contributed by atoms with Crippen LogP contribution >= 0.6 is 0 Å². The van der Waals surface area contributed by atoms with Gasteiger partial charge in [0, 0.05) is 0 Å². The van der Waals surface area contributed by atoms with E-state index in [1.807, 2.05) is 0 Å². The monoisotopic (exact) mass is 212 g/mol. The zero-order valence-corrected chi connectivity index (χ0v) is 10.4. The number of rotatable bonds is 2. The lowest BCUT2D eigenvalue weighted by Gasteiger charge is -2.32. The second-order valence-electron chi connectivity index (χ2n) is 5.29. The van der Waals surface area contributed by atoms with Crippen molar-refractivity contribution >= 4 is 9.04 Å². The normalized spacial score (nSPS) is 27.0. The van der Waals surface area contributed by atoms with E-state index in [1.165, 1.54) is 64.2 Å². The predicted molar refractivity (Wildman–Crippen MR) is 63.0 cm³/mol. The summed E-state index contributed by atoms with van der Waals surface area (Å²) in [4.78, 5) is 10.4. The topological polar surface area (TPSA) is 20.2 Å². The van der Waals surface area contributed by atoms with E-state index in [-0.39, 0.29) is 0 Å². The van der Waals surface area contributed by atoms with E-state index >= 15 is 0 Å². The minimum Gasteiger partial charge on any atom is -0.434 e. The van der Waals surface area contributed by atoms with Gasteiger partial charge in [0.1, 0.15) is 0 Å². The first-order chi connectivity index (χ1) is 6.88. The lowest BCUT2D eigenvalue weighted by atomic mass is 9.99. The zero-order chi connectivity index (χ0) is 9.80. The Labute approximate surface area is 89.6 Å². The highest BCUT2D eigenvalue weighted by Gasteiger charge is 2.31. The van der Waals surface area contributed by atoms with Crippen LogP contribution in [0.4, 0.5) is 0 Å². The third-order valence-corrected chi connectivity index (χ3v) is 7.53. The van der Waals surface area contributed by atoms with E-state index in [0.29, 0.717) is 0 Å². The van der Waals surface area contributed by atoms with Gasteiger partial charge >= 0.3 is 0 Å². The minimum atomic E-state index is -1.36. The van der Waals surface area contributed by atoms with Crippen molar-refractivity contribution in [2.24, 2.45) is 0 Å². The van der Waals surface area contributed by atoms with Gasteiger partial charge < -0.3 is 4.80 Å². The molecule has 1 N–H and O–H groups in total. The van der Waals surface area contributed by atoms with Crippen molar-refractivity contribution in [2.45, 2.75) is 75.3 Å². The highest BCUT2D eigenvalue weighted by atomic mass is 28.3. The third kappa shape index (κ3) is 2.60. The van der Waals surface area contributed by atoms with Crippen molar-refractivity contribution in [2.75, 3.05) is 0 Å². The highest BCUT2D eigenvalue weighted by molar-refractivity contribution is 6.54. The molecule has 0 bridgehead atoms. The molecule has 0 aromatic rings. The van der Waals surface area contributed by atoms with Gasteiger partial charge in [-0.05, 0) is 11.1 Å². The van der Waals surface area contributed by atoms with Gasteiger partial charge in [-0.25, -0.2) is 0 Å². The van der Waals surface area contributed by atoms with E-state index in [4.69, 9.17) is 0 Å². The summed E-state index contributed by atoms with van der Waals surface area (Å²) in [5.41, 5.74) is 1.57. The standard InChI is InChI=1S/C12H24OSi/c13-14(11-7-3-1-4-8-11)12-9-5-2-6-10-12/h11-14H,1-10H2. The van der Waals surface area contributed by atoms with Gasteiger partial charge in [-0.3, -0.25) is 0 Å². The molecule has 82 valence electrons. The van der Waals surface area contributed by atoms with Crippen LogP contribution in [-0.2, 0) is 0 Å². The number of hydrogen-bond donors (Lipinski definition) is 1. The van der Waals surface area contributed by atoms with Crippen LogP contribution < -0.4 is 0 Å². The Hall–Kier alpha value is 0.177. The van der Waals surface area contributed by atoms with Gasteiger partial charge in [-0.2, -0.15) is 0 Å². The summed E-state index contributed by atoms with van der Waals surface area (Å²) in [6.07, 6.45) is 13.8. The quantitative estimate of drug-likeness (QED) is 0.696. The molecule has 0 aliphatic heterocycles. The van der Waals surface area contributed by atoms with Crippen LogP contribution in [0.1, 0.15) is 64.2 Å². The summed E-state index contributed by atoms with van der Waals surface area (Å²) in [5, 5.41) is 0. The molecular weight excluding hydrogens is 188 g/mol. The fourth-order valence-electron chi connectivity index (χ4n) is 3.34. The molecule has 0 aromatic carbocycles. The molecule has 0 saturated heterocycles. The first-order valence-corrected chi connectivity index (χ1v) is 8.41. The van der Waals surface area contributed by atoms with Gasteiger partial charge in [0.25, 0.3) is 0 Å². The first kappa shape index (κ1) is 10.7. The first-order valence-electron chi connectivity index (χ1n) is 6.56. The van der Waals surface area contributed by atoms with Crippen molar-refractivity contribution < 1.29 is 4.80 Å². The Morgan fingerprint density at radius 1 is 0.643 bits per heavy atom. The molecule has 1 nitrogen and oxygen atoms in total. The van der Waals surface area contributed by atoms with E-state index in [0.717, 1.165) is 11.1 Å². The fraction of sp³-hybridized carbons (Fsp3) is 1.00. The van der Waals surface area contributed by atoms with Crippen molar-refractivity contribution in [1.82, 2.24) is 0 Å². The molecule has 2 fully saturated rings. The molecular formula is C12H24OSi. The molecule has 0 spiro atoms. The van der Waals surface area contributed by atoms with E-state index < -0.39 is 9.04 Å². The molecule has 2 saturated carbocycles. The molecule has 0 heterocycles. The van der Waals surface area contributed by atoms with Gasteiger partial charge in [0.2, 0.25) is 0 Å².